The monoisotopic (exact) mass is 396 g/mol. The molecule has 3 aromatic rings. The van der Waals surface area contributed by atoms with Crippen LogP contribution < -0.4 is 5.32 Å². The van der Waals surface area contributed by atoms with Crippen LogP contribution in [0.2, 0.25) is 0 Å². The third-order valence-corrected chi connectivity index (χ3v) is 5.34. The van der Waals surface area contributed by atoms with Crippen molar-refractivity contribution in [2.24, 2.45) is 0 Å². The van der Waals surface area contributed by atoms with Gasteiger partial charge in [0.05, 0.1) is 12.8 Å². The van der Waals surface area contributed by atoms with Crippen LogP contribution >= 0.6 is 0 Å². The molecule has 2 amide bonds. The molecule has 4 rings (SSSR count). The average Bonchev–Trinajstić information content (AvgIpc) is 3.19. The van der Waals surface area contributed by atoms with Gasteiger partial charge in [0.25, 0.3) is 5.91 Å². The van der Waals surface area contributed by atoms with Crippen molar-refractivity contribution in [3.8, 4) is 0 Å². The van der Waals surface area contributed by atoms with E-state index in [9.17, 15) is 14.0 Å². The molecule has 1 aliphatic heterocycles. The van der Waals surface area contributed by atoms with Gasteiger partial charge in [-0.2, -0.15) is 0 Å². The quantitative estimate of drug-likeness (QED) is 0.703. The van der Waals surface area contributed by atoms with Gasteiger partial charge in [0.15, 0.2) is 0 Å². The summed E-state index contributed by atoms with van der Waals surface area (Å²) in [6.07, 6.45) is 4.65. The Kier molecular flexibility index (Phi) is 5.16. The van der Waals surface area contributed by atoms with Crippen LogP contribution in [0.3, 0.4) is 0 Å². The molecule has 1 aliphatic rings. The van der Waals surface area contributed by atoms with E-state index in [4.69, 9.17) is 0 Å². The first-order valence-corrected chi connectivity index (χ1v) is 9.42. The largest absolute Gasteiger partial charge is 0.453 e. The molecular formula is C21H21FN4O3. The Morgan fingerprint density at radius 2 is 2.07 bits per heavy atom. The summed E-state index contributed by atoms with van der Waals surface area (Å²) < 4.78 is 18.4. The number of benzene rings is 1. The number of ether oxygens (including phenoxy) is 1. The number of methoxy groups -OCH3 is 1. The number of hydrogen-bond acceptors (Lipinski definition) is 4. The van der Waals surface area contributed by atoms with E-state index in [2.05, 4.69) is 26.1 Å². The molecule has 0 atom stereocenters. The van der Waals surface area contributed by atoms with Crippen molar-refractivity contribution >= 4 is 28.7 Å². The summed E-state index contributed by atoms with van der Waals surface area (Å²) in [6, 6.07) is 7.92. The molecule has 3 heterocycles. The molecule has 0 saturated carbocycles. The molecule has 150 valence electrons. The fourth-order valence-electron chi connectivity index (χ4n) is 3.81. The van der Waals surface area contributed by atoms with Crippen LogP contribution in [0.5, 0.6) is 0 Å². The standard InChI is InChI=1S/C21H21FN4O3/c1-29-21(28)25-18-11-14(4-5-17(18)22)20(27)26-9-6-13(7-10-26)16-12-24-19-15(16)3-2-8-23-19/h2-5,8,11-13H,6-7,9-10H2,1H3,(H,23,24)(H,25,28). The normalized spacial score (nSPS) is 14.8. The summed E-state index contributed by atoms with van der Waals surface area (Å²) in [7, 11) is 1.19. The minimum Gasteiger partial charge on any atom is -0.453 e. The number of likely N-dealkylation sites (tertiary alicyclic amines) is 1. The van der Waals surface area contributed by atoms with Crippen molar-refractivity contribution < 1.29 is 18.7 Å². The lowest BCUT2D eigenvalue weighted by atomic mass is 9.89. The van der Waals surface area contributed by atoms with Gasteiger partial charge < -0.3 is 14.6 Å². The second-order valence-electron chi connectivity index (χ2n) is 7.02. The second-order valence-corrected chi connectivity index (χ2v) is 7.02. The molecule has 7 nitrogen and oxygen atoms in total. The van der Waals surface area contributed by atoms with Gasteiger partial charge in [-0.25, -0.2) is 14.2 Å². The van der Waals surface area contributed by atoms with E-state index in [-0.39, 0.29) is 11.6 Å². The van der Waals surface area contributed by atoms with Gasteiger partial charge in [-0.15, -0.1) is 0 Å². The van der Waals surface area contributed by atoms with E-state index in [1.54, 1.807) is 11.1 Å². The van der Waals surface area contributed by atoms with Gasteiger partial charge >= 0.3 is 6.09 Å². The lowest BCUT2D eigenvalue weighted by Gasteiger charge is -2.32. The summed E-state index contributed by atoms with van der Waals surface area (Å²) >= 11 is 0. The molecule has 0 radical (unpaired) electrons. The van der Waals surface area contributed by atoms with E-state index in [1.807, 2.05) is 12.3 Å². The zero-order valence-corrected chi connectivity index (χ0v) is 15.9. The van der Waals surface area contributed by atoms with Gasteiger partial charge in [0.1, 0.15) is 11.5 Å². The number of rotatable bonds is 3. The van der Waals surface area contributed by atoms with Crippen LogP contribution in [0.4, 0.5) is 14.9 Å². The second kappa shape index (κ2) is 7.90. The first-order valence-electron chi connectivity index (χ1n) is 9.42. The molecular weight excluding hydrogens is 375 g/mol. The van der Waals surface area contributed by atoms with Crippen molar-refractivity contribution in [3.63, 3.8) is 0 Å². The third-order valence-electron chi connectivity index (χ3n) is 5.34. The number of carbonyl (C=O) groups excluding carboxylic acids is 2. The number of halogens is 1. The molecule has 0 unspecified atom stereocenters. The van der Waals surface area contributed by atoms with Gasteiger partial charge in [0.2, 0.25) is 0 Å². The first-order chi connectivity index (χ1) is 14.1. The first kappa shape index (κ1) is 18.9. The molecule has 8 heteroatoms. The van der Waals surface area contributed by atoms with Crippen molar-refractivity contribution in [2.45, 2.75) is 18.8 Å². The van der Waals surface area contributed by atoms with Crippen molar-refractivity contribution in [2.75, 3.05) is 25.5 Å². The van der Waals surface area contributed by atoms with E-state index in [1.165, 1.54) is 30.9 Å². The number of piperidine rings is 1. The predicted molar refractivity (Wildman–Crippen MR) is 106 cm³/mol. The topological polar surface area (TPSA) is 87.3 Å². The number of nitrogens with one attached hydrogen (secondary N) is 2. The Bertz CT molecular complexity index is 1060. The van der Waals surface area contributed by atoms with Crippen LogP contribution in [-0.4, -0.2) is 47.1 Å². The maximum absolute atomic E-state index is 13.9. The van der Waals surface area contributed by atoms with Crippen LogP contribution in [0, 0.1) is 5.82 Å². The maximum atomic E-state index is 13.9. The fourth-order valence-corrected chi connectivity index (χ4v) is 3.81. The number of pyridine rings is 1. The number of aromatic amines is 1. The van der Waals surface area contributed by atoms with Gasteiger partial charge in [-0.3, -0.25) is 10.1 Å². The Morgan fingerprint density at radius 3 is 2.83 bits per heavy atom. The van der Waals surface area contributed by atoms with Crippen molar-refractivity contribution in [1.29, 1.82) is 0 Å². The maximum Gasteiger partial charge on any atom is 0.411 e. The minimum absolute atomic E-state index is 0.0797. The molecule has 2 aromatic heterocycles. The summed E-state index contributed by atoms with van der Waals surface area (Å²) in [4.78, 5) is 33.5. The highest BCUT2D eigenvalue weighted by Gasteiger charge is 2.26. The van der Waals surface area contributed by atoms with Crippen LogP contribution in [0.25, 0.3) is 11.0 Å². The number of fused-ring (bicyclic) bond motifs is 1. The Labute approximate surface area is 166 Å². The molecule has 0 bridgehead atoms. The summed E-state index contributed by atoms with van der Waals surface area (Å²) in [5.41, 5.74) is 2.35. The van der Waals surface area contributed by atoms with E-state index in [0.29, 0.717) is 24.6 Å². The zero-order valence-electron chi connectivity index (χ0n) is 15.9. The molecule has 29 heavy (non-hydrogen) atoms. The Hall–Kier alpha value is -3.42. The van der Waals surface area contributed by atoms with E-state index >= 15 is 0 Å². The molecule has 2 N–H and O–H groups in total. The average molecular weight is 396 g/mol. The summed E-state index contributed by atoms with van der Waals surface area (Å²) in [6.45, 7) is 1.21. The van der Waals surface area contributed by atoms with Crippen LogP contribution in [-0.2, 0) is 4.74 Å². The Morgan fingerprint density at radius 1 is 1.28 bits per heavy atom. The van der Waals surface area contributed by atoms with E-state index < -0.39 is 11.9 Å². The van der Waals surface area contributed by atoms with Crippen LogP contribution in [0.15, 0.2) is 42.7 Å². The van der Waals surface area contributed by atoms with Gasteiger partial charge in [-0.05, 0) is 54.7 Å². The number of amides is 2. The number of anilines is 1. The highest BCUT2D eigenvalue weighted by Crippen LogP contribution is 2.33. The number of hydrogen-bond donors (Lipinski definition) is 2. The lowest BCUT2D eigenvalue weighted by molar-refractivity contribution is 0.0713. The molecule has 1 aromatic carbocycles. The number of aromatic nitrogens is 2. The van der Waals surface area contributed by atoms with Gasteiger partial charge in [0, 0.05) is 36.4 Å². The van der Waals surface area contributed by atoms with Crippen molar-refractivity contribution in [3.05, 3.63) is 59.7 Å². The highest BCUT2D eigenvalue weighted by atomic mass is 19.1. The fraction of sp³-hybridized carbons (Fsp3) is 0.286. The summed E-state index contributed by atoms with van der Waals surface area (Å²) in [5, 5.41) is 3.40. The molecule has 0 spiro atoms. The van der Waals surface area contributed by atoms with E-state index in [0.717, 1.165) is 23.9 Å². The summed E-state index contributed by atoms with van der Waals surface area (Å²) in [5.74, 6) is -0.461. The predicted octanol–water partition coefficient (Wildman–Crippen LogP) is 3.90. The zero-order chi connectivity index (χ0) is 20.4. The lowest BCUT2D eigenvalue weighted by Crippen LogP contribution is -2.38. The van der Waals surface area contributed by atoms with Crippen LogP contribution in [0.1, 0.15) is 34.7 Å². The SMILES string of the molecule is COC(=O)Nc1cc(C(=O)N2CCC(c3c[nH]c4ncccc34)CC2)ccc1F. The number of nitrogens with zero attached hydrogens (tertiary/aromatic N) is 2. The third kappa shape index (κ3) is 3.78. The number of H-pyrrole nitrogens is 1. The smallest absolute Gasteiger partial charge is 0.411 e. The van der Waals surface area contributed by atoms with Gasteiger partial charge in [-0.1, -0.05) is 0 Å². The molecule has 0 aliphatic carbocycles. The minimum atomic E-state index is -0.789. The highest BCUT2D eigenvalue weighted by molar-refractivity contribution is 5.96. The Balaban J connectivity index is 1.45. The molecule has 1 saturated heterocycles. The molecule has 1 fully saturated rings. The number of carbonyl (C=O) groups is 2. The van der Waals surface area contributed by atoms with Crippen molar-refractivity contribution in [1.82, 2.24) is 14.9 Å².